The molecule has 0 fully saturated rings. The maximum atomic E-state index is 10.8. The highest BCUT2D eigenvalue weighted by molar-refractivity contribution is 6.69. The Morgan fingerprint density at radius 3 is 2.67 bits per heavy atom. The SMILES string of the molecule is CCOC(=O)O/N=C(\Cl)c1ccccc1. The van der Waals surface area contributed by atoms with Gasteiger partial charge in [-0.05, 0) is 6.92 Å². The summed E-state index contributed by atoms with van der Waals surface area (Å²) in [7, 11) is 0. The van der Waals surface area contributed by atoms with Crippen molar-refractivity contribution in [1.29, 1.82) is 0 Å². The molecule has 0 spiro atoms. The minimum Gasteiger partial charge on any atom is -0.433 e. The summed E-state index contributed by atoms with van der Waals surface area (Å²) in [6, 6.07) is 8.95. The fourth-order valence-electron chi connectivity index (χ4n) is 0.850. The van der Waals surface area contributed by atoms with Crippen molar-refractivity contribution in [3.8, 4) is 0 Å². The molecule has 0 unspecified atom stereocenters. The topological polar surface area (TPSA) is 47.9 Å². The molecule has 0 saturated carbocycles. The van der Waals surface area contributed by atoms with Crippen molar-refractivity contribution in [2.24, 2.45) is 5.16 Å². The van der Waals surface area contributed by atoms with Gasteiger partial charge in [0.1, 0.15) is 0 Å². The van der Waals surface area contributed by atoms with Gasteiger partial charge in [0.2, 0.25) is 0 Å². The Balaban J connectivity index is 2.57. The number of hydrogen-bond acceptors (Lipinski definition) is 4. The maximum Gasteiger partial charge on any atom is 0.535 e. The maximum absolute atomic E-state index is 10.8. The first-order valence-corrected chi connectivity index (χ1v) is 4.74. The lowest BCUT2D eigenvalue weighted by molar-refractivity contribution is 0.0616. The molecule has 0 radical (unpaired) electrons. The van der Waals surface area contributed by atoms with Crippen LogP contribution < -0.4 is 0 Å². The molecule has 0 aliphatic heterocycles. The summed E-state index contributed by atoms with van der Waals surface area (Å²) in [4.78, 5) is 15.2. The van der Waals surface area contributed by atoms with E-state index in [2.05, 4.69) is 14.7 Å². The standard InChI is InChI=1S/C10H10ClNO3/c1-2-14-10(13)15-12-9(11)8-6-4-3-5-7-8/h3-7H,2H2,1H3/b12-9-. The minimum atomic E-state index is -0.869. The third-order valence-electron chi connectivity index (χ3n) is 1.47. The summed E-state index contributed by atoms with van der Waals surface area (Å²) < 4.78 is 4.50. The van der Waals surface area contributed by atoms with Crippen LogP contribution in [0.2, 0.25) is 0 Å². The van der Waals surface area contributed by atoms with Crippen molar-refractivity contribution in [2.45, 2.75) is 6.92 Å². The first-order chi connectivity index (χ1) is 7.24. The number of oxime groups is 1. The lowest BCUT2D eigenvalue weighted by Crippen LogP contribution is -2.04. The minimum absolute atomic E-state index is 0.101. The predicted octanol–water partition coefficient (Wildman–Crippen LogP) is 2.76. The molecule has 80 valence electrons. The van der Waals surface area contributed by atoms with Crippen LogP contribution in [-0.4, -0.2) is 17.9 Å². The predicted molar refractivity (Wildman–Crippen MR) is 56.9 cm³/mol. The van der Waals surface area contributed by atoms with Crippen molar-refractivity contribution in [3.05, 3.63) is 35.9 Å². The Morgan fingerprint density at radius 1 is 1.40 bits per heavy atom. The van der Waals surface area contributed by atoms with Gasteiger partial charge < -0.3 is 4.74 Å². The fourth-order valence-corrected chi connectivity index (χ4v) is 1.01. The van der Waals surface area contributed by atoms with Crippen LogP contribution in [0.1, 0.15) is 12.5 Å². The molecule has 5 heteroatoms. The van der Waals surface area contributed by atoms with Crippen molar-refractivity contribution in [1.82, 2.24) is 0 Å². The van der Waals surface area contributed by atoms with Crippen LogP contribution in [0.4, 0.5) is 4.79 Å². The van der Waals surface area contributed by atoms with Gasteiger partial charge in [0.05, 0.1) is 6.61 Å². The van der Waals surface area contributed by atoms with E-state index in [1.807, 2.05) is 6.07 Å². The van der Waals surface area contributed by atoms with Crippen LogP contribution >= 0.6 is 11.6 Å². The van der Waals surface area contributed by atoms with E-state index in [9.17, 15) is 4.79 Å². The van der Waals surface area contributed by atoms with E-state index in [0.29, 0.717) is 5.56 Å². The molecule has 1 aromatic carbocycles. The van der Waals surface area contributed by atoms with Crippen LogP contribution in [0.25, 0.3) is 0 Å². The van der Waals surface area contributed by atoms with Gasteiger partial charge in [-0.2, -0.15) is 0 Å². The number of carbonyl (C=O) groups is 1. The molecule has 0 aliphatic rings. The van der Waals surface area contributed by atoms with E-state index in [0.717, 1.165) is 0 Å². The van der Waals surface area contributed by atoms with Crippen LogP contribution in [0.5, 0.6) is 0 Å². The molecule has 0 saturated heterocycles. The highest BCUT2D eigenvalue weighted by atomic mass is 35.5. The normalized spacial score (nSPS) is 10.9. The lowest BCUT2D eigenvalue weighted by Gasteiger charge is -1.99. The number of halogens is 1. The molecule has 4 nitrogen and oxygen atoms in total. The number of rotatable bonds is 3. The molecule has 0 heterocycles. The quantitative estimate of drug-likeness (QED) is 0.345. The number of nitrogens with zero attached hydrogens (tertiary/aromatic N) is 1. The summed E-state index contributed by atoms with van der Waals surface area (Å²) in [6.07, 6.45) is -0.869. The first kappa shape index (κ1) is 11.5. The monoisotopic (exact) mass is 227 g/mol. The van der Waals surface area contributed by atoms with Gasteiger partial charge in [0.15, 0.2) is 5.17 Å². The molecular weight excluding hydrogens is 218 g/mol. The van der Waals surface area contributed by atoms with Gasteiger partial charge >= 0.3 is 6.16 Å². The van der Waals surface area contributed by atoms with Gasteiger partial charge in [0.25, 0.3) is 0 Å². The number of ether oxygens (including phenoxy) is 1. The van der Waals surface area contributed by atoms with Crippen molar-refractivity contribution < 1.29 is 14.4 Å². The van der Waals surface area contributed by atoms with Crippen LogP contribution in [0.3, 0.4) is 0 Å². The van der Waals surface area contributed by atoms with E-state index in [-0.39, 0.29) is 11.8 Å². The zero-order valence-corrected chi connectivity index (χ0v) is 8.90. The Bertz CT molecular complexity index is 351. The molecule has 15 heavy (non-hydrogen) atoms. The van der Waals surface area contributed by atoms with E-state index in [4.69, 9.17) is 11.6 Å². The average molecular weight is 228 g/mol. The van der Waals surface area contributed by atoms with E-state index in [1.54, 1.807) is 31.2 Å². The zero-order valence-electron chi connectivity index (χ0n) is 8.14. The van der Waals surface area contributed by atoms with Crippen LogP contribution in [-0.2, 0) is 9.57 Å². The molecule has 1 rings (SSSR count). The van der Waals surface area contributed by atoms with Crippen LogP contribution in [0.15, 0.2) is 35.5 Å². The van der Waals surface area contributed by atoms with Gasteiger partial charge in [-0.3, -0.25) is 4.84 Å². The smallest absolute Gasteiger partial charge is 0.433 e. The fraction of sp³-hybridized carbons (Fsp3) is 0.200. The summed E-state index contributed by atoms with van der Waals surface area (Å²) >= 11 is 5.77. The number of benzene rings is 1. The molecular formula is C10H10ClNO3. The molecule has 0 aliphatic carbocycles. The second kappa shape index (κ2) is 6.03. The highest BCUT2D eigenvalue weighted by Gasteiger charge is 2.03. The number of carbonyl (C=O) groups excluding carboxylic acids is 1. The molecule has 1 aromatic rings. The van der Waals surface area contributed by atoms with E-state index < -0.39 is 6.16 Å². The Labute approximate surface area is 92.4 Å². The summed E-state index contributed by atoms with van der Waals surface area (Å²) in [5.41, 5.74) is 0.670. The van der Waals surface area contributed by atoms with E-state index >= 15 is 0 Å². The van der Waals surface area contributed by atoms with Crippen LogP contribution in [0, 0.1) is 0 Å². The number of hydrogen-bond donors (Lipinski definition) is 0. The van der Waals surface area contributed by atoms with E-state index in [1.165, 1.54) is 0 Å². The van der Waals surface area contributed by atoms with Crippen molar-refractivity contribution in [2.75, 3.05) is 6.61 Å². The molecule has 0 atom stereocenters. The lowest BCUT2D eigenvalue weighted by atomic mass is 10.2. The second-order valence-corrected chi connectivity index (χ2v) is 2.88. The molecule has 0 N–H and O–H groups in total. The molecule has 0 bridgehead atoms. The molecule has 0 aromatic heterocycles. The highest BCUT2D eigenvalue weighted by Crippen LogP contribution is 2.05. The largest absolute Gasteiger partial charge is 0.535 e. The third kappa shape index (κ3) is 3.99. The summed E-state index contributed by atoms with van der Waals surface area (Å²) in [5, 5.41) is 3.52. The van der Waals surface area contributed by atoms with Gasteiger partial charge in [0, 0.05) is 5.56 Å². The third-order valence-corrected chi connectivity index (χ3v) is 1.76. The zero-order chi connectivity index (χ0) is 11.1. The Morgan fingerprint density at radius 2 is 2.07 bits per heavy atom. The molecule has 0 amide bonds. The summed E-state index contributed by atoms with van der Waals surface area (Å²) in [6.45, 7) is 1.90. The van der Waals surface area contributed by atoms with Crippen molar-refractivity contribution >= 4 is 22.9 Å². The second-order valence-electron chi connectivity index (χ2n) is 2.52. The Kier molecular flexibility index (Phi) is 4.63. The van der Waals surface area contributed by atoms with Gasteiger partial charge in [-0.1, -0.05) is 47.1 Å². The van der Waals surface area contributed by atoms with Gasteiger partial charge in [-0.15, -0.1) is 0 Å². The Hall–Kier alpha value is -1.55. The van der Waals surface area contributed by atoms with Crippen molar-refractivity contribution in [3.63, 3.8) is 0 Å². The average Bonchev–Trinajstić information content (AvgIpc) is 2.27. The first-order valence-electron chi connectivity index (χ1n) is 4.36. The summed E-state index contributed by atoms with van der Waals surface area (Å²) in [5.74, 6) is 0. The van der Waals surface area contributed by atoms with Gasteiger partial charge in [-0.25, -0.2) is 4.79 Å².